The minimum atomic E-state index is -5.79. The number of phosphoric ester groups is 1. The predicted octanol–water partition coefficient (Wildman–Crippen LogP) is -0.957. The predicted molar refractivity (Wildman–Crippen MR) is 90.7 cm³/mol. The molecule has 6 N–H and O–H groups in total. The molecule has 2 heterocycles. The van der Waals surface area contributed by atoms with E-state index in [2.05, 4.69) is 13.1 Å². The van der Waals surface area contributed by atoms with Crippen LogP contribution in [0.1, 0.15) is 6.23 Å². The summed E-state index contributed by atoms with van der Waals surface area (Å²) in [6, 6.07) is 0.809. The van der Waals surface area contributed by atoms with Gasteiger partial charge in [-0.2, -0.15) is 8.62 Å². The Morgan fingerprint density at radius 1 is 1.20 bits per heavy atom. The molecule has 30 heavy (non-hydrogen) atoms. The van der Waals surface area contributed by atoms with Gasteiger partial charge in [-0.15, -0.1) is 0 Å². The molecule has 1 aromatic heterocycles. The van der Waals surface area contributed by atoms with Crippen molar-refractivity contribution >= 4 is 35.1 Å². The zero-order valence-corrected chi connectivity index (χ0v) is 17.5. The van der Waals surface area contributed by atoms with Crippen LogP contribution in [-0.2, 0) is 31.6 Å². The summed E-state index contributed by atoms with van der Waals surface area (Å²) in [6.07, 6.45) is -5.41. The topological polar surface area (TPSA) is 244 Å². The third-order valence-electron chi connectivity index (χ3n) is 3.30. The number of nitrogens with one attached hydrogen (secondary N) is 1. The van der Waals surface area contributed by atoms with Gasteiger partial charge in [-0.3, -0.25) is 18.9 Å². The number of rotatable bonds is 8. The second-order valence-corrected chi connectivity index (χ2v) is 10.5. The number of aliphatic hydroxyl groups is 1. The summed E-state index contributed by atoms with van der Waals surface area (Å²) in [5.41, 5.74) is -2.01. The van der Waals surface area contributed by atoms with E-state index < -0.39 is 64.9 Å². The fraction of sp³-hybridized carbons (Fsp3) is 0.556. The highest BCUT2D eigenvalue weighted by Crippen LogP contribution is 2.66. The Hall–Kier alpha value is -0.770. The van der Waals surface area contributed by atoms with Crippen molar-refractivity contribution in [2.24, 2.45) is 0 Å². The lowest BCUT2D eigenvalue weighted by Crippen LogP contribution is -2.42. The molecule has 0 amide bonds. The molecular formula is C9H13ClFN2O14P3. The van der Waals surface area contributed by atoms with Gasteiger partial charge in [0.1, 0.15) is 12.2 Å². The number of hydrogen-bond acceptors (Lipinski definition) is 10. The first-order chi connectivity index (χ1) is 13.4. The summed E-state index contributed by atoms with van der Waals surface area (Å²) < 4.78 is 64.8. The number of aromatic nitrogens is 2. The van der Waals surface area contributed by atoms with Crippen molar-refractivity contribution < 1.29 is 60.6 Å². The molecule has 1 fully saturated rings. The van der Waals surface area contributed by atoms with Crippen LogP contribution in [0.5, 0.6) is 0 Å². The van der Waals surface area contributed by atoms with Gasteiger partial charge in [0.05, 0.1) is 6.61 Å². The Kier molecular flexibility index (Phi) is 7.34. The number of halogens is 2. The molecule has 21 heteroatoms. The molecule has 0 aromatic carbocycles. The standard InChI is InChI=1S/C9H13ClFN2O14P3/c10-9(11)6(15)4(25-7(9)13-2-1-5(14)12-8(13)16)3-24-29(20,21)27-30(22,23)26-28(17,18)19/h1-2,4,6-7,15H,3H2,(H,20,21)(H,22,23)(H,12,14,16)(H2,17,18,19)/t4-,6-,7-,9+/m1/s1. The Labute approximate surface area is 169 Å². The maximum Gasteiger partial charge on any atom is 0.490 e. The van der Waals surface area contributed by atoms with Crippen molar-refractivity contribution in [2.45, 2.75) is 23.6 Å². The second-order valence-electron chi connectivity index (χ2n) is 5.55. The first kappa shape index (κ1) is 25.5. The number of phosphoric acid groups is 3. The van der Waals surface area contributed by atoms with E-state index in [-0.39, 0.29) is 0 Å². The van der Waals surface area contributed by atoms with Crippen molar-refractivity contribution in [1.29, 1.82) is 0 Å². The van der Waals surface area contributed by atoms with Crippen LogP contribution in [0.4, 0.5) is 4.39 Å². The number of H-pyrrole nitrogens is 1. The number of ether oxygens (including phenoxy) is 1. The van der Waals surface area contributed by atoms with Crippen LogP contribution in [-0.4, -0.2) is 58.2 Å². The summed E-state index contributed by atoms with van der Waals surface area (Å²) in [6.45, 7) is -1.22. The van der Waals surface area contributed by atoms with Gasteiger partial charge < -0.3 is 29.4 Å². The van der Waals surface area contributed by atoms with E-state index in [1.54, 1.807) is 4.98 Å². The van der Waals surface area contributed by atoms with Crippen molar-refractivity contribution in [3.63, 3.8) is 0 Å². The molecule has 16 nitrogen and oxygen atoms in total. The normalized spacial score (nSPS) is 31.2. The molecule has 172 valence electrons. The van der Waals surface area contributed by atoms with Crippen LogP contribution in [0.2, 0.25) is 0 Å². The van der Waals surface area contributed by atoms with Gasteiger partial charge >= 0.3 is 29.2 Å². The van der Waals surface area contributed by atoms with E-state index in [9.17, 15) is 37.7 Å². The fourth-order valence-corrected chi connectivity index (χ4v) is 5.52. The molecule has 1 aliphatic heterocycles. The molecule has 6 atom stereocenters. The zero-order valence-electron chi connectivity index (χ0n) is 14.0. The van der Waals surface area contributed by atoms with E-state index in [1.807, 2.05) is 0 Å². The largest absolute Gasteiger partial charge is 0.490 e. The second kappa shape index (κ2) is 8.64. The van der Waals surface area contributed by atoms with Crippen molar-refractivity contribution in [1.82, 2.24) is 9.55 Å². The van der Waals surface area contributed by atoms with E-state index in [4.69, 9.17) is 31.0 Å². The van der Waals surface area contributed by atoms with E-state index in [0.29, 0.717) is 4.57 Å². The number of nitrogens with zero attached hydrogens (tertiary/aromatic N) is 1. The van der Waals surface area contributed by atoms with Gasteiger partial charge in [0, 0.05) is 12.3 Å². The highest BCUT2D eigenvalue weighted by Gasteiger charge is 2.58. The lowest BCUT2D eigenvalue weighted by molar-refractivity contribution is -0.0509. The molecular weight excluding hydrogens is 507 g/mol. The van der Waals surface area contributed by atoms with E-state index in [0.717, 1.165) is 12.3 Å². The van der Waals surface area contributed by atoms with Crippen LogP contribution >= 0.6 is 35.1 Å². The van der Waals surface area contributed by atoms with Gasteiger partial charge in [0.2, 0.25) is 0 Å². The zero-order chi connectivity index (χ0) is 23.1. The molecule has 0 saturated carbocycles. The SMILES string of the molecule is O=c1ccn([C@@H]2O[C@H](COP(=O)(O)OP(=O)(O)OP(=O)(O)O)[C@@H](O)[C@@]2(F)Cl)c(=O)[nH]1. The Bertz CT molecular complexity index is 1050. The molecule has 0 spiro atoms. The van der Waals surface area contributed by atoms with Crippen LogP contribution < -0.4 is 11.2 Å². The molecule has 0 aliphatic carbocycles. The Morgan fingerprint density at radius 3 is 2.33 bits per heavy atom. The number of aromatic amines is 1. The summed E-state index contributed by atoms with van der Waals surface area (Å²) in [4.78, 5) is 59.9. The van der Waals surface area contributed by atoms with Crippen molar-refractivity contribution in [3.05, 3.63) is 33.1 Å². The lowest BCUT2D eigenvalue weighted by atomic mass is 10.1. The number of alkyl halides is 2. The first-order valence-corrected chi connectivity index (χ1v) is 12.1. The van der Waals surface area contributed by atoms with Gasteiger partial charge in [0.25, 0.3) is 10.7 Å². The molecule has 0 radical (unpaired) electrons. The molecule has 2 rings (SSSR count). The van der Waals surface area contributed by atoms with Crippen molar-refractivity contribution in [2.75, 3.05) is 6.61 Å². The maximum absolute atomic E-state index is 14.7. The molecule has 1 saturated heterocycles. The first-order valence-electron chi connectivity index (χ1n) is 7.25. The summed E-state index contributed by atoms with van der Waals surface area (Å²) in [5, 5.41) is 6.73. The quantitative estimate of drug-likeness (QED) is 0.179. The summed E-state index contributed by atoms with van der Waals surface area (Å²) >= 11 is 5.55. The Balaban J connectivity index is 2.13. The van der Waals surface area contributed by atoms with Crippen LogP contribution in [0.3, 0.4) is 0 Å². The summed E-state index contributed by atoms with van der Waals surface area (Å²) in [7, 11) is -17.0. The highest BCUT2D eigenvalue weighted by atomic mass is 35.5. The van der Waals surface area contributed by atoms with Crippen LogP contribution in [0.25, 0.3) is 0 Å². The number of hydrogen-bond donors (Lipinski definition) is 6. The molecule has 1 aliphatic rings. The average Bonchev–Trinajstić information content (AvgIpc) is 2.73. The monoisotopic (exact) mass is 520 g/mol. The van der Waals surface area contributed by atoms with Crippen molar-refractivity contribution in [3.8, 4) is 0 Å². The van der Waals surface area contributed by atoms with E-state index >= 15 is 0 Å². The molecule has 0 bridgehead atoms. The summed E-state index contributed by atoms with van der Waals surface area (Å²) in [5.74, 6) is 0. The number of aliphatic hydroxyl groups excluding tert-OH is 1. The third-order valence-corrected chi connectivity index (χ3v) is 7.51. The van der Waals surface area contributed by atoms with Crippen LogP contribution in [0.15, 0.2) is 21.9 Å². The third kappa shape index (κ3) is 6.37. The molecule has 1 aromatic rings. The van der Waals surface area contributed by atoms with Gasteiger partial charge in [-0.05, 0) is 0 Å². The van der Waals surface area contributed by atoms with E-state index in [1.165, 1.54) is 0 Å². The lowest BCUT2D eigenvalue weighted by Gasteiger charge is -2.22. The molecule has 2 unspecified atom stereocenters. The highest BCUT2D eigenvalue weighted by molar-refractivity contribution is 7.66. The smallest absolute Gasteiger partial charge is 0.385 e. The minimum Gasteiger partial charge on any atom is -0.385 e. The average molecular weight is 521 g/mol. The van der Waals surface area contributed by atoms with Gasteiger partial charge in [0.15, 0.2) is 6.23 Å². The maximum atomic E-state index is 14.7. The minimum absolute atomic E-state index is 0.461. The fourth-order valence-electron chi connectivity index (χ4n) is 2.19. The van der Waals surface area contributed by atoms with Crippen LogP contribution in [0, 0.1) is 0 Å². The Morgan fingerprint density at radius 2 is 1.80 bits per heavy atom. The van der Waals surface area contributed by atoms with Gasteiger partial charge in [-0.25, -0.2) is 22.9 Å². The van der Waals surface area contributed by atoms with Gasteiger partial charge in [-0.1, -0.05) is 11.6 Å².